The van der Waals surface area contributed by atoms with Gasteiger partial charge in [-0.05, 0) is 44.5 Å². The molecule has 0 atom stereocenters. The summed E-state index contributed by atoms with van der Waals surface area (Å²) in [7, 11) is 0. The molecule has 0 unspecified atom stereocenters. The quantitative estimate of drug-likeness (QED) is 0.693. The first-order valence-electron chi connectivity index (χ1n) is 7.50. The summed E-state index contributed by atoms with van der Waals surface area (Å²) < 4.78 is 2.01. The highest BCUT2D eigenvalue weighted by Gasteiger charge is 2.15. The van der Waals surface area contributed by atoms with Crippen LogP contribution in [0.25, 0.3) is 11.0 Å². The van der Waals surface area contributed by atoms with Crippen LogP contribution >= 0.6 is 0 Å². The Hall–Kier alpha value is -2.76. The number of amides is 1. The molecule has 1 aromatic carbocycles. The second kappa shape index (κ2) is 5.46. The monoisotopic (exact) mass is 312 g/mol. The molecule has 3 N–H and O–H groups in total. The predicted molar refractivity (Wildman–Crippen MR) is 89.5 cm³/mol. The highest BCUT2D eigenvalue weighted by molar-refractivity contribution is 5.94. The number of nitrogens with one attached hydrogen (secondary N) is 3. The molecule has 0 saturated carbocycles. The summed E-state index contributed by atoms with van der Waals surface area (Å²) >= 11 is 0. The smallest absolute Gasteiger partial charge is 0.323 e. The van der Waals surface area contributed by atoms with Crippen molar-refractivity contribution in [2.24, 2.45) is 0 Å². The summed E-state index contributed by atoms with van der Waals surface area (Å²) in [5.74, 6) is -0.115. The largest absolute Gasteiger partial charge is 0.348 e. The highest BCUT2D eigenvalue weighted by atomic mass is 16.1. The van der Waals surface area contributed by atoms with E-state index >= 15 is 0 Å². The molecule has 6 nitrogen and oxygen atoms in total. The Morgan fingerprint density at radius 1 is 1.17 bits per heavy atom. The second-order valence-electron chi connectivity index (χ2n) is 6.62. The molecule has 1 amide bonds. The van der Waals surface area contributed by atoms with Crippen molar-refractivity contribution < 1.29 is 4.79 Å². The van der Waals surface area contributed by atoms with Crippen LogP contribution < -0.4 is 11.0 Å². The number of hydrogen-bond donors (Lipinski definition) is 3. The molecule has 3 rings (SSSR count). The maximum atomic E-state index is 12.2. The topological polar surface area (TPSA) is 82.7 Å². The van der Waals surface area contributed by atoms with Crippen molar-refractivity contribution in [3.05, 3.63) is 58.3 Å². The maximum absolute atomic E-state index is 12.2. The lowest BCUT2D eigenvalue weighted by molar-refractivity contribution is 0.0951. The van der Waals surface area contributed by atoms with E-state index in [1.807, 2.05) is 41.2 Å². The molecule has 0 aliphatic carbocycles. The molecule has 0 spiro atoms. The first-order valence-corrected chi connectivity index (χ1v) is 7.50. The van der Waals surface area contributed by atoms with Crippen molar-refractivity contribution in [1.29, 1.82) is 0 Å². The van der Waals surface area contributed by atoms with Crippen LogP contribution in [0.1, 0.15) is 36.7 Å². The van der Waals surface area contributed by atoms with E-state index in [0.717, 1.165) is 16.6 Å². The molecule has 0 fully saturated rings. The number of benzene rings is 1. The van der Waals surface area contributed by atoms with Gasteiger partial charge in [0.25, 0.3) is 5.91 Å². The average molecular weight is 312 g/mol. The van der Waals surface area contributed by atoms with Crippen LogP contribution in [0.2, 0.25) is 0 Å². The van der Waals surface area contributed by atoms with Gasteiger partial charge in [0.05, 0.1) is 16.6 Å². The summed E-state index contributed by atoms with van der Waals surface area (Å²) in [4.78, 5) is 28.9. The maximum Gasteiger partial charge on any atom is 0.323 e. The van der Waals surface area contributed by atoms with Crippen LogP contribution in [0, 0.1) is 0 Å². The lowest BCUT2D eigenvalue weighted by Crippen LogP contribution is -2.23. The molecule has 3 aromatic rings. The van der Waals surface area contributed by atoms with Crippen molar-refractivity contribution in [1.82, 2.24) is 19.9 Å². The number of carbonyl (C=O) groups is 1. The minimum Gasteiger partial charge on any atom is -0.348 e. The van der Waals surface area contributed by atoms with Crippen molar-refractivity contribution in [3.63, 3.8) is 0 Å². The summed E-state index contributed by atoms with van der Waals surface area (Å²) in [6.45, 7) is 6.66. The van der Waals surface area contributed by atoms with Gasteiger partial charge in [0.1, 0.15) is 0 Å². The van der Waals surface area contributed by atoms with Gasteiger partial charge < -0.3 is 19.9 Å². The number of aromatic nitrogens is 3. The Morgan fingerprint density at radius 2 is 1.91 bits per heavy atom. The third-order valence-electron chi connectivity index (χ3n) is 3.76. The average Bonchev–Trinajstić information content (AvgIpc) is 3.09. The molecule has 0 aliphatic heterocycles. The molecule has 0 aliphatic rings. The molecular weight excluding hydrogens is 292 g/mol. The molecule has 2 heterocycles. The van der Waals surface area contributed by atoms with Crippen LogP contribution in [-0.4, -0.2) is 20.4 Å². The summed E-state index contributed by atoms with van der Waals surface area (Å²) in [6.07, 6.45) is 3.76. The van der Waals surface area contributed by atoms with Gasteiger partial charge >= 0.3 is 5.69 Å². The van der Waals surface area contributed by atoms with Gasteiger partial charge in [0, 0.05) is 24.5 Å². The van der Waals surface area contributed by atoms with Crippen LogP contribution in [0.3, 0.4) is 0 Å². The fraction of sp³-hybridized carbons (Fsp3) is 0.294. The normalized spacial score (nSPS) is 11.8. The molecule has 23 heavy (non-hydrogen) atoms. The van der Waals surface area contributed by atoms with E-state index < -0.39 is 0 Å². The van der Waals surface area contributed by atoms with Crippen molar-refractivity contribution in [2.75, 3.05) is 0 Å². The molecule has 2 aromatic heterocycles. The Labute approximate surface area is 133 Å². The second-order valence-corrected chi connectivity index (χ2v) is 6.62. The van der Waals surface area contributed by atoms with E-state index in [4.69, 9.17) is 0 Å². The first kappa shape index (κ1) is 15.1. The van der Waals surface area contributed by atoms with Gasteiger partial charge in [-0.3, -0.25) is 4.79 Å². The number of imidazole rings is 1. The molecule has 0 radical (unpaired) electrons. The van der Waals surface area contributed by atoms with Crippen LogP contribution in [0.4, 0.5) is 0 Å². The SMILES string of the molecule is CC(C)(C)n1ccc(C(=O)NCc2ccc3[nH]c(=O)[nH]c3c2)c1. The highest BCUT2D eigenvalue weighted by Crippen LogP contribution is 2.16. The zero-order valence-electron chi connectivity index (χ0n) is 13.4. The van der Waals surface area contributed by atoms with Crippen molar-refractivity contribution >= 4 is 16.9 Å². The van der Waals surface area contributed by atoms with Gasteiger partial charge in [-0.25, -0.2) is 4.79 Å². The zero-order valence-corrected chi connectivity index (χ0v) is 13.4. The third-order valence-corrected chi connectivity index (χ3v) is 3.76. The molecule has 0 bridgehead atoms. The van der Waals surface area contributed by atoms with Gasteiger partial charge in [0.2, 0.25) is 0 Å². The standard InChI is InChI=1S/C17H20N4O2/c1-17(2,3)21-7-6-12(10-21)15(22)18-9-11-4-5-13-14(8-11)20-16(23)19-13/h4-8,10H,9H2,1-3H3,(H,18,22)(H2,19,20,23). The Bertz CT molecular complexity index is 908. The van der Waals surface area contributed by atoms with Crippen LogP contribution in [0.5, 0.6) is 0 Å². The zero-order chi connectivity index (χ0) is 16.6. The van der Waals surface area contributed by atoms with E-state index in [1.54, 1.807) is 0 Å². The van der Waals surface area contributed by atoms with Crippen molar-refractivity contribution in [2.45, 2.75) is 32.9 Å². The first-order chi connectivity index (χ1) is 10.8. The number of H-pyrrole nitrogens is 2. The number of hydrogen-bond acceptors (Lipinski definition) is 2. The summed E-state index contributed by atoms with van der Waals surface area (Å²) in [5.41, 5.74) is 2.77. The van der Waals surface area contributed by atoms with E-state index in [1.165, 1.54) is 0 Å². The van der Waals surface area contributed by atoms with Crippen LogP contribution in [0.15, 0.2) is 41.5 Å². The number of nitrogens with zero attached hydrogens (tertiary/aromatic N) is 1. The fourth-order valence-electron chi connectivity index (χ4n) is 2.42. The Balaban J connectivity index is 1.70. The molecule has 120 valence electrons. The number of carbonyl (C=O) groups excluding carboxylic acids is 1. The van der Waals surface area contributed by atoms with Gasteiger partial charge in [0.15, 0.2) is 0 Å². The van der Waals surface area contributed by atoms with Gasteiger partial charge in [-0.2, -0.15) is 0 Å². The van der Waals surface area contributed by atoms with Gasteiger partial charge in [-0.15, -0.1) is 0 Å². The lowest BCUT2D eigenvalue weighted by Gasteiger charge is -2.20. The Kier molecular flexibility index (Phi) is 3.60. The number of rotatable bonds is 3. The Morgan fingerprint density at radius 3 is 2.61 bits per heavy atom. The summed E-state index contributed by atoms with van der Waals surface area (Å²) in [5, 5.41) is 2.90. The minimum absolute atomic E-state index is 0.0519. The van der Waals surface area contributed by atoms with Crippen molar-refractivity contribution in [3.8, 4) is 0 Å². The van der Waals surface area contributed by atoms with Gasteiger partial charge in [-0.1, -0.05) is 6.07 Å². The predicted octanol–water partition coefficient (Wildman–Crippen LogP) is 2.34. The number of fused-ring (bicyclic) bond motifs is 1. The third kappa shape index (κ3) is 3.21. The minimum atomic E-state index is -0.232. The van der Waals surface area contributed by atoms with E-state index in [0.29, 0.717) is 12.1 Å². The lowest BCUT2D eigenvalue weighted by atomic mass is 10.1. The van der Waals surface area contributed by atoms with E-state index in [9.17, 15) is 9.59 Å². The molecular formula is C17H20N4O2. The fourth-order valence-corrected chi connectivity index (χ4v) is 2.42. The van der Waals surface area contributed by atoms with Crippen LogP contribution in [-0.2, 0) is 12.1 Å². The molecule has 0 saturated heterocycles. The number of aromatic amines is 2. The van der Waals surface area contributed by atoms with E-state index in [2.05, 4.69) is 36.1 Å². The molecule has 6 heteroatoms. The van der Waals surface area contributed by atoms with E-state index in [-0.39, 0.29) is 17.1 Å². The summed E-state index contributed by atoms with van der Waals surface area (Å²) in [6, 6.07) is 7.37.